The fraction of sp³-hybridized carbons (Fsp3) is 0.895. The molecule has 0 aliphatic heterocycles. The van der Waals surface area contributed by atoms with E-state index in [-0.39, 0.29) is 11.3 Å². The second-order valence-electron chi connectivity index (χ2n) is 7.94. The Morgan fingerprint density at radius 1 is 1.09 bits per heavy atom. The Labute approximate surface area is 160 Å². The molecule has 0 amide bonds. The Kier molecular flexibility index (Phi) is 12.4. The van der Waals surface area contributed by atoms with Crippen LogP contribution in [0.25, 0.3) is 0 Å². The molecule has 0 spiro atoms. The molecule has 2 atom stereocenters. The first-order valence-electron chi connectivity index (χ1n) is 9.20. The molecule has 0 rings (SSSR count). The maximum Gasteiger partial charge on any atom is 0.195 e. The maximum atomic E-state index is 6.52. The van der Waals surface area contributed by atoms with Gasteiger partial charge in [-0.05, 0) is 24.6 Å². The van der Waals surface area contributed by atoms with E-state index in [1.54, 1.807) is 0 Å². The number of ether oxygens (including phenoxy) is 1. The van der Waals surface area contributed by atoms with Crippen LogP contribution in [-0.4, -0.2) is 25.1 Å². The summed E-state index contributed by atoms with van der Waals surface area (Å²) in [6, 6.07) is 0. The molecule has 0 heterocycles. The lowest BCUT2D eigenvalue weighted by Gasteiger charge is -2.40. The van der Waals surface area contributed by atoms with Gasteiger partial charge in [-0.1, -0.05) is 94.9 Å². The molecule has 2 unspecified atom stereocenters. The lowest BCUT2D eigenvalue weighted by atomic mass is 10.1. The van der Waals surface area contributed by atoms with Crippen molar-refractivity contribution in [3.63, 3.8) is 0 Å². The van der Waals surface area contributed by atoms with Gasteiger partial charge >= 0.3 is 0 Å². The molecule has 0 bridgehead atoms. The summed E-state index contributed by atoms with van der Waals surface area (Å²) in [6.45, 7) is 18.0. The lowest BCUT2D eigenvalue weighted by molar-refractivity contribution is -0.0760. The van der Waals surface area contributed by atoms with Crippen LogP contribution in [0.4, 0.5) is 0 Å². The summed E-state index contributed by atoms with van der Waals surface area (Å²) in [7, 11) is -1.81. The van der Waals surface area contributed by atoms with Crippen molar-refractivity contribution in [3.05, 3.63) is 12.7 Å². The lowest BCUT2D eigenvalue weighted by Crippen LogP contribution is -2.47. The van der Waals surface area contributed by atoms with Crippen LogP contribution in [0.5, 0.6) is 0 Å². The second-order valence-corrected chi connectivity index (χ2v) is 14.3. The van der Waals surface area contributed by atoms with E-state index >= 15 is 0 Å². The highest BCUT2D eigenvalue weighted by Gasteiger charge is 2.40. The molecular formula is C19H39IO2Si. The number of hydrogen-bond donors (Lipinski definition) is 0. The molecule has 23 heavy (non-hydrogen) atoms. The van der Waals surface area contributed by atoms with Gasteiger partial charge < -0.3 is 9.16 Å². The van der Waals surface area contributed by atoms with Gasteiger partial charge in [-0.2, -0.15) is 0 Å². The van der Waals surface area contributed by atoms with Gasteiger partial charge in [-0.15, -0.1) is 6.58 Å². The number of rotatable bonds is 13. The summed E-state index contributed by atoms with van der Waals surface area (Å²) >= 11 is 2.52. The molecule has 0 radical (unpaired) electrons. The topological polar surface area (TPSA) is 18.5 Å². The van der Waals surface area contributed by atoms with Crippen LogP contribution in [0.3, 0.4) is 0 Å². The molecule has 0 aliphatic rings. The number of alkyl halides is 1. The fourth-order valence-electron chi connectivity index (χ4n) is 2.10. The third-order valence-electron chi connectivity index (χ3n) is 4.72. The first-order valence-corrected chi connectivity index (χ1v) is 13.4. The van der Waals surface area contributed by atoms with Gasteiger partial charge in [0.15, 0.2) is 14.6 Å². The normalized spacial score (nSPS) is 15.4. The Hall–Kier alpha value is 0.607. The van der Waals surface area contributed by atoms with E-state index in [1.165, 1.54) is 44.9 Å². The van der Waals surface area contributed by atoms with E-state index in [0.717, 1.165) is 0 Å². The van der Waals surface area contributed by atoms with Crippen molar-refractivity contribution in [2.75, 3.05) is 6.61 Å². The van der Waals surface area contributed by atoms with E-state index < -0.39 is 8.32 Å². The summed E-state index contributed by atoms with van der Waals surface area (Å²) in [5.41, 5.74) is 0. The standard InChI is InChI=1S/C19H39IO2Si/c1-8-10-11-12-13-14-15-17(20)18(21-16-9-2)22-23(6,7)19(3,4)5/h9,17-18H,2,8,10-16H2,1,3-7H3. The predicted octanol–water partition coefficient (Wildman–Crippen LogP) is 7.09. The van der Waals surface area contributed by atoms with Crippen LogP contribution < -0.4 is 0 Å². The summed E-state index contributed by atoms with van der Waals surface area (Å²) in [4.78, 5) is 0. The van der Waals surface area contributed by atoms with Gasteiger partial charge in [0.05, 0.1) is 10.5 Å². The minimum absolute atomic E-state index is 0.106. The third kappa shape index (κ3) is 10.2. The van der Waals surface area contributed by atoms with Crippen LogP contribution >= 0.6 is 22.6 Å². The number of hydrogen-bond acceptors (Lipinski definition) is 2. The van der Waals surface area contributed by atoms with Crippen molar-refractivity contribution >= 4 is 30.9 Å². The molecular weight excluding hydrogens is 415 g/mol. The van der Waals surface area contributed by atoms with Gasteiger partial charge in [-0.3, -0.25) is 0 Å². The average molecular weight is 455 g/mol. The van der Waals surface area contributed by atoms with Crippen LogP contribution in [0.2, 0.25) is 18.1 Å². The SMILES string of the molecule is C=CCOC(O[Si](C)(C)C(C)(C)C)C(I)CCCCCCCC. The summed E-state index contributed by atoms with van der Waals surface area (Å²) in [6.07, 6.45) is 10.9. The molecule has 0 N–H and O–H groups in total. The summed E-state index contributed by atoms with van der Waals surface area (Å²) in [5.74, 6) is 0. The molecule has 138 valence electrons. The van der Waals surface area contributed by atoms with Gasteiger partial charge in [0, 0.05) is 0 Å². The van der Waals surface area contributed by atoms with Crippen molar-refractivity contribution in [3.8, 4) is 0 Å². The Bertz CT molecular complexity index is 313. The Morgan fingerprint density at radius 3 is 2.17 bits per heavy atom. The van der Waals surface area contributed by atoms with E-state index in [9.17, 15) is 0 Å². The number of unbranched alkanes of at least 4 members (excludes halogenated alkanes) is 5. The second kappa shape index (κ2) is 12.0. The summed E-state index contributed by atoms with van der Waals surface area (Å²) < 4.78 is 12.9. The van der Waals surface area contributed by atoms with Crippen molar-refractivity contribution in [1.29, 1.82) is 0 Å². The van der Waals surface area contributed by atoms with E-state index in [0.29, 0.717) is 10.5 Å². The van der Waals surface area contributed by atoms with Crippen LogP contribution in [0.15, 0.2) is 12.7 Å². The largest absolute Gasteiger partial charge is 0.391 e. The average Bonchev–Trinajstić information content (AvgIpc) is 2.45. The quantitative estimate of drug-likeness (QED) is 0.0739. The molecule has 2 nitrogen and oxygen atoms in total. The number of halogens is 1. The highest BCUT2D eigenvalue weighted by Crippen LogP contribution is 2.38. The molecule has 0 fully saturated rings. The predicted molar refractivity (Wildman–Crippen MR) is 114 cm³/mol. The van der Waals surface area contributed by atoms with Crippen LogP contribution in [0, 0.1) is 0 Å². The maximum absolute atomic E-state index is 6.52. The van der Waals surface area contributed by atoms with Crippen LogP contribution in [-0.2, 0) is 9.16 Å². The first-order chi connectivity index (χ1) is 10.7. The molecule has 0 aliphatic carbocycles. The Morgan fingerprint density at radius 2 is 1.65 bits per heavy atom. The van der Waals surface area contributed by atoms with E-state index in [2.05, 4.69) is 70.0 Å². The van der Waals surface area contributed by atoms with Gasteiger partial charge in [-0.25, -0.2) is 0 Å². The van der Waals surface area contributed by atoms with Crippen molar-refractivity contribution in [2.24, 2.45) is 0 Å². The molecule has 0 aromatic rings. The zero-order valence-corrected chi connectivity index (χ0v) is 19.4. The minimum Gasteiger partial charge on any atom is -0.391 e. The monoisotopic (exact) mass is 454 g/mol. The highest BCUT2D eigenvalue weighted by atomic mass is 127. The smallest absolute Gasteiger partial charge is 0.195 e. The van der Waals surface area contributed by atoms with Gasteiger partial charge in [0.25, 0.3) is 0 Å². The molecule has 0 saturated carbocycles. The Balaban J connectivity index is 4.43. The van der Waals surface area contributed by atoms with Crippen molar-refractivity contribution < 1.29 is 9.16 Å². The molecule has 0 saturated heterocycles. The fourth-order valence-corrected chi connectivity index (χ4v) is 4.34. The van der Waals surface area contributed by atoms with Crippen LogP contribution in [0.1, 0.15) is 72.6 Å². The zero-order valence-electron chi connectivity index (χ0n) is 16.3. The molecule has 0 aromatic heterocycles. The van der Waals surface area contributed by atoms with Crippen molar-refractivity contribution in [1.82, 2.24) is 0 Å². The van der Waals surface area contributed by atoms with E-state index in [4.69, 9.17) is 9.16 Å². The van der Waals surface area contributed by atoms with Gasteiger partial charge in [0.1, 0.15) is 0 Å². The van der Waals surface area contributed by atoms with E-state index in [1.807, 2.05) is 6.08 Å². The highest BCUT2D eigenvalue weighted by molar-refractivity contribution is 14.1. The molecule has 0 aromatic carbocycles. The minimum atomic E-state index is -1.81. The molecule has 4 heteroatoms. The third-order valence-corrected chi connectivity index (χ3v) is 10.4. The van der Waals surface area contributed by atoms with Crippen molar-refractivity contribution in [2.45, 2.75) is 101 Å². The first kappa shape index (κ1) is 23.6. The summed E-state index contributed by atoms with van der Waals surface area (Å²) in [5, 5.41) is 0.208. The zero-order chi connectivity index (χ0) is 17.9. The van der Waals surface area contributed by atoms with Gasteiger partial charge in [0.2, 0.25) is 0 Å².